The van der Waals surface area contributed by atoms with Gasteiger partial charge in [-0.2, -0.15) is 0 Å². The lowest BCUT2D eigenvalue weighted by Gasteiger charge is -2.28. The quantitative estimate of drug-likeness (QED) is 0.660. The molecule has 0 spiro atoms. The first-order chi connectivity index (χ1) is 6.36. The lowest BCUT2D eigenvalue weighted by atomic mass is 10.0. The molecule has 0 aliphatic rings. The molecule has 4 nitrogen and oxygen atoms in total. The normalized spacial score (nSPS) is 15.7. The molecule has 0 aromatic rings. The standard InChI is InChI=1S/C10H23N3O/c1-7(2)9(13(4)5)6-12-10(14)8(3)11/h7-9H,6,11H2,1-5H3,(H,12,14). The van der Waals surface area contributed by atoms with Gasteiger partial charge in [-0.25, -0.2) is 0 Å². The van der Waals surface area contributed by atoms with Crippen LogP contribution in [0.1, 0.15) is 20.8 Å². The van der Waals surface area contributed by atoms with Gasteiger partial charge in [0.25, 0.3) is 0 Å². The zero-order chi connectivity index (χ0) is 11.3. The highest BCUT2D eigenvalue weighted by molar-refractivity contribution is 5.80. The highest BCUT2D eigenvalue weighted by atomic mass is 16.2. The van der Waals surface area contributed by atoms with Gasteiger partial charge >= 0.3 is 0 Å². The fourth-order valence-corrected chi connectivity index (χ4v) is 1.38. The number of nitrogens with zero attached hydrogens (tertiary/aromatic N) is 1. The SMILES string of the molecule is CC(N)C(=O)NCC(C(C)C)N(C)C. The van der Waals surface area contributed by atoms with Crippen LogP contribution in [0.15, 0.2) is 0 Å². The van der Waals surface area contributed by atoms with Gasteiger partial charge in [-0.1, -0.05) is 13.8 Å². The van der Waals surface area contributed by atoms with E-state index in [2.05, 4.69) is 24.1 Å². The van der Waals surface area contributed by atoms with Crippen LogP contribution in [0.2, 0.25) is 0 Å². The topological polar surface area (TPSA) is 58.4 Å². The summed E-state index contributed by atoms with van der Waals surface area (Å²) in [7, 11) is 4.03. The third-order valence-corrected chi connectivity index (χ3v) is 2.33. The lowest BCUT2D eigenvalue weighted by molar-refractivity contribution is -0.122. The molecule has 2 atom stereocenters. The molecule has 0 aliphatic heterocycles. The average Bonchev–Trinajstić information content (AvgIpc) is 2.02. The Bertz CT molecular complexity index is 170. The summed E-state index contributed by atoms with van der Waals surface area (Å²) in [6, 6.07) is -0.0670. The van der Waals surface area contributed by atoms with Gasteiger partial charge in [-0.05, 0) is 26.9 Å². The Morgan fingerprint density at radius 2 is 1.86 bits per heavy atom. The number of amides is 1. The Kier molecular flexibility index (Phi) is 5.72. The van der Waals surface area contributed by atoms with E-state index in [4.69, 9.17) is 5.73 Å². The number of nitrogens with one attached hydrogen (secondary N) is 1. The molecule has 0 fully saturated rings. The van der Waals surface area contributed by atoms with Gasteiger partial charge in [0.05, 0.1) is 6.04 Å². The molecule has 0 radical (unpaired) electrons. The molecule has 0 bridgehead atoms. The van der Waals surface area contributed by atoms with E-state index in [0.717, 1.165) is 0 Å². The Morgan fingerprint density at radius 3 is 2.14 bits per heavy atom. The Hall–Kier alpha value is -0.610. The van der Waals surface area contributed by atoms with Crippen LogP contribution in [0.25, 0.3) is 0 Å². The Morgan fingerprint density at radius 1 is 1.36 bits per heavy atom. The van der Waals surface area contributed by atoms with E-state index >= 15 is 0 Å². The molecule has 0 saturated carbocycles. The Labute approximate surface area is 86.8 Å². The van der Waals surface area contributed by atoms with Gasteiger partial charge < -0.3 is 16.0 Å². The molecular formula is C10H23N3O. The van der Waals surface area contributed by atoms with Crippen molar-refractivity contribution in [2.24, 2.45) is 11.7 Å². The van der Waals surface area contributed by atoms with Crippen molar-refractivity contribution in [3.8, 4) is 0 Å². The van der Waals surface area contributed by atoms with E-state index < -0.39 is 6.04 Å². The van der Waals surface area contributed by atoms with Crippen molar-refractivity contribution in [3.05, 3.63) is 0 Å². The van der Waals surface area contributed by atoms with Crippen LogP contribution in [0, 0.1) is 5.92 Å². The second-order valence-electron chi connectivity index (χ2n) is 4.31. The summed E-state index contributed by atoms with van der Waals surface area (Å²) >= 11 is 0. The van der Waals surface area contributed by atoms with Crippen molar-refractivity contribution in [1.82, 2.24) is 10.2 Å². The fourth-order valence-electron chi connectivity index (χ4n) is 1.38. The van der Waals surface area contributed by atoms with Gasteiger partial charge in [0, 0.05) is 12.6 Å². The smallest absolute Gasteiger partial charge is 0.236 e. The fraction of sp³-hybridized carbons (Fsp3) is 0.900. The first-order valence-corrected chi connectivity index (χ1v) is 5.06. The molecule has 0 aliphatic carbocycles. The molecule has 14 heavy (non-hydrogen) atoms. The molecule has 1 amide bonds. The van der Waals surface area contributed by atoms with E-state index in [0.29, 0.717) is 18.5 Å². The predicted molar refractivity (Wildman–Crippen MR) is 59.0 cm³/mol. The van der Waals surface area contributed by atoms with E-state index in [-0.39, 0.29) is 5.91 Å². The van der Waals surface area contributed by atoms with Crippen LogP contribution in [-0.4, -0.2) is 43.5 Å². The maximum absolute atomic E-state index is 11.2. The number of hydrogen-bond acceptors (Lipinski definition) is 3. The first-order valence-electron chi connectivity index (χ1n) is 5.06. The summed E-state index contributed by atoms with van der Waals surface area (Å²) in [5.41, 5.74) is 5.45. The van der Waals surface area contributed by atoms with E-state index in [9.17, 15) is 4.79 Å². The number of carbonyl (C=O) groups is 1. The van der Waals surface area contributed by atoms with E-state index in [1.54, 1.807) is 6.92 Å². The lowest BCUT2D eigenvalue weighted by Crippen LogP contribution is -2.47. The summed E-state index contributed by atoms with van der Waals surface area (Å²) in [5.74, 6) is 0.427. The van der Waals surface area contributed by atoms with Crippen molar-refractivity contribution >= 4 is 5.91 Å². The Balaban J connectivity index is 4.01. The van der Waals surface area contributed by atoms with Crippen molar-refractivity contribution in [2.75, 3.05) is 20.6 Å². The van der Waals surface area contributed by atoms with Crippen molar-refractivity contribution < 1.29 is 4.79 Å². The minimum Gasteiger partial charge on any atom is -0.353 e. The monoisotopic (exact) mass is 201 g/mol. The summed E-state index contributed by atoms with van der Waals surface area (Å²) in [6.45, 7) is 6.63. The van der Waals surface area contributed by atoms with Crippen LogP contribution in [0.3, 0.4) is 0 Å². The predicted octanol–water partition coefficient (Wildman–Crippen LogP) is 0.0360. The van der Waals surface area contributed by atoms with Crippen molar-refractivity contribution in [2.45, 2.75) is 32.9 Å². The van der Waals surface area contributed by atoms with Gasteiger partial charge in [0.1, 0.15) is 0 Å². The highest BCUT2D eigenvalue weighted by Gasteiger charge is 2.17. The maximum Gasteiger partial charge on any atom is 0.236 e. The van der Waals surface area contributed by atoms with E-state index in [1.807, 2.05) is 14.1 Å². The van der Waals surface area contributed by atoms with Gasteiger partial charge in [0.15, 0.2) is 0 Å². The summed E-state index contributed by atoms with van der Waals surface area (Å²) in [4.78, 5) is 13.4. The number of hydrogen-bond donors (Lipinski definition) is 2. The second kappa shape index (κ2) is 5.98. The van der Waals surface area contributed by atoms with Gasteiger partial charge in [-0.15, -0.1) is 0 Å². The molecule has 0 rings (SSSR count). The van der Waals surface area contributed by atoms with Crippen LogP contribution in [0.5, 0.6) is 0 Å². The first kappa shape index (κ1) is 13.4. The third-order valence-electron chi connectivity index (χ3n) is 2.33. The van der Waals surface area contributed by atoms with Crippen molar-refractivity contribution in [3.63, 3.8) is 0 Å². The zero-order valence-electron chi connectivity index (χ0n) is 9.87. The van der Waals surface area contributed by atoms with Gasteiger partial charge in [0.2, 0.25) is 5.91 Å². The molecule has 3 N–H and O–H groups in total. The molecule has 0 heterocycles. The zero-order valence-corrected chi connectivity index (χ0v) is 9.87. The molecule has 0 saturated heterocycles. The minimum absolute atomic E-state index is 0.0856. The molecular weight excluding hydrogens is 178 g/mol. The summed E-state index contributed by atoms with van der Waals surface area (Å²) in [5, 5.41) is 2.84. The highest BCUT2D eigenvalue weighted by Crippen LogP contribution is 2.05. The number of nitrogens with two attached hydrogens (primary N) is 1. The third kappa shape index (κ3) is 4.58. The number of carbonyl (C=O) groups excluding carboxylic acids is 1. The second-order valence-corrected chi connectivity index (χ2v) is 4.31. The van der Waals surface area contributed by atoms with Crippen LogP contribution < -0.4 is 11.1 Å². The molecule has 2 unspecified atom stereocenters. The number of likely N-dealkylation sites (N-methyl/N-ethyl adjacent to an activating group) is 1. The van der Waals surface area contributed by atoms with Gasteiger partial charge in [-0.3, -0.25) is 4.79 Å². The maximum atomic E-state index is 11.2. The average molecular weight is 201 g/mol. The van der Waals surface area contributed by atoms with E-state index in [1.165, 1.54) is 0 Å². The van der Waals surface area contributed by atoms with Crippen molar-refractivity contribution in [1.29, 1.82) is 0 Å². The largest absolute Gasteiger partial charge is 0.353 e. The summed E-state index contributed by atoms with van der Waals surface area (Å²) in [6.07, 6.45) is 0. The van der Waals surface area contributed by atoms with Crippen LogP contribution in [-0.2, 0) is 4.79 Å². The van der Waals surface area contributed by atoms with Crippen LogP contribution in [0.4, 0.5) is 0 Å². The van der Waals surface area contributed by atoms with Crippen LogP contribution >= 0.6 is 0 Å². The molecule has 84 valence electrons. The molecule has 0 aromatic heterocycles. The summed E-state index contributed by atoms with van der Waals surface area (Å²) < 4.78 is 0. The number of rotatable bonds is 5. The minimum atomic E-state index is -0.426. The molecule has 4 heteroatoms. The molecule has 0 aromatic carbocycles.